The summed E-state index contributed by atoms with van der Waals surface area (Å²) in [6.07, 6.45) is 1.08. The summed E-state index contributed by atoms with van der Waals surface area (Å²) >= 11 is 0. The van der Waals surface area contributed by atoms with Crippen molar-refractivity contribution in [3.05, 3.63) is 47.7 Å². The maximum Gasteiger partial charge on any atom is 0.122 e. The highest BCUT2D eigenvalue weighted by atomic mass is 16.5. The van der Waals surface area contributed by atoms with Gasteiger partial charge in [-0.1, -0.05) is 26.8 Å². The standard InChI is InChI=1S/C19H23NO/c1-13-6-5-7-17(20-13)14-8-9-18-15(12-14)16(10-11-21-18)19(2,3)4/h5-9,12,16H,10-11H2,1-4H3. The van der Waals surface area contributed by atoms with Gasteiger partial charge in [-0.2, -0.15) is 0 Å². The topological polar surface area (TPSA) is 22.1 Å². The minimum absolute atomic E-state index is 0.247. The molecule has 0 amide bonds. The molecule has 0 bridgehead atoms. The lowest BCUT2D eigenvalue weighted by molar-refractivity contribution is 0.204. The van der Waals surface area contributed by atoms with Gasteiger partial charge < -0.3 is 4.74 Å². The Morgan fingerprint density at radius 2 is 1.95 bits per heavy atom. The van der Waals surface area contributed by atoms with Crippen LogP contribution >= 0.6 is 0 Å². The molecule has 0 spiro atoms. The number of aromatic nitrogens is 1. The molecule has 0 N–H and O–H groups in total. The van der Waals surface area contributed by atoms with Crippen LogP contribution in [0.2, 0.25) is 0 Å². The van der Waals surface area contributed by atoms with Crippen molar-refractivity contribution < 1.29 is 4.74 Å². The molecular formula is C19H23NO. The second-order valence-corrected chi connectivity index (χ2v) is 6.97. The summed E-state index contributed by atoms with van der Waals surface area (Å²) in [4.78, 5) is 4.64. The van der Waals surface area contributed by atoms with Gasteiger partial charge in [0.25, 0.3) is 0 Å². The van der Waals surface area contributed by atoms with Crippen LogP contribution < -0.4 is 4.74 Å². The fourth-order valence-corrected chi connectivity index (χ4v) is 3.16. The highest BCUT2D eigenvalue weighted by Gasteiger charge is 2.31. The van der Waals surface area contributed by atoms with Crippen molar-refractivity contribution in [2.24, 2.45) is 5.41 Å². The second kappa shape index (κ2) is 5.18. The van der Waals surface area contributed by atoms with Crippen molar-refractivity contribution in [1.82, 2.24) is 4.98 Å². The van der Waals surface area contributed by atoms with E-state index in [1.165, 1.54) is 11.1 Å². The Bertz CT molecular complexity index is 655. The molecule has 1 unspecified atom stereocenters. The van der Waals surface area contributed by atoms with Crippen molar-refractivity contribution in [3.8, 4) is 17.0 Å². The number of aryl methyl sites for hydroxylation is 1. The number of ether oxygens (including phenoxy) is 1. The Morgan fingerprint density at radius 1 is 1.14 bits per heavy atom. The monoisotopic (exact) mass is 281 g/mol. The molecule has 110 valence electrons. The largest absolute Gasteiger partial charge is 0.493 e. The Morgan fingerprint density at radius 3 is 2.67 bits per heavy atom. The summed E-state index contributed by atoms with van der Waals surface area (Å²) < 4.78 is 5.84. The first-order chi connectivity index (χ1) is 9.95. The molecule has 21 heavy (non-hydrogen) atoms. The average molecular weight is 281 g/mol. The molecule has 0 saturated carbocycles. The fourth-order valence-electron chi connectivity index (χ4n) is 3.16. The third-order valence-corrected chi connectivity index (χ3v) is 4.28. The van der Waals surface area contributed by atoms with Crippen molar-refractivity contribution in [2.45, 2.75) is 40.0 Å². The molecule has 1 aliphatic rings. The van der Waals surface area contributed by atoms with Crippen molar-refractivity contribution in [1.29, 1.82) is 0 Å². The Kier molecular flexibility index (Phi) is 3.48. The lowest BCUT2D eigenvalue weighted by Gasteiger charge is -2.35. The van der Waals surface area contributed by atoms with Gasteiger partial charge in [0, 0.05) is 11.3 Å². The van der Waals surface area contributed by atoms with Crippen LogP contribution in [-0.4, -0.2) is 11.6 Å². The van der Waals surface area contributed by atoms with Gasteiger partial charge in [0.15, 0.2) is 0 Å². The van der Waals surface area contributed by atoms with E-state index in [1.807, 2.05) is 13.0 Å². The molecule has 0 aliphatic carbocycles. The average Bonchev–Trinajstić information content (AvgIpc) is 2.45. The predicted octanol–water partition coefficient (Wildman–Crippen LogP) is 4.97. The minimum Gasteiger partial charge on any atom is -0.493 e. The maximum absolute atomic E-state index is 5.84. The molecule has 3 rings (SSSR count). The number of hydrogen-bond donors (Lipinski definition) is 0. The summed E-state index contributed by atoms with van der Waals surface area (Å²) in [6, 6.07) is 12.7. The van der Waals surface area contributed by atoms with Crippen LogP contribution in [0.25, 0.3) is 11.3 Å². The number of fused-ring (bicyclic) bond motifs is 1. The second-order valence-electron chi connectivity index (χ2n) is 6.97. The first-order valence-corrected chi connectivity index (χ1v) is 7.66. The zero-order valence-corrected chi connectivity index (χ0v) is 13.3. The smallest absolute Gasteiger partial charge is 0.122 e. The van der Waals surface area contributed by atoms with E-state index in [-0.39, 0.29) is 5.41 Å². The molecule has 1 atom stereocenters. The van der Waals surface area contributed by atoms with Gasteiger partial charge in [-0.15, -0.1) is 0 Å². The molecule has 0 saturated heterocycles. The first kappa shape index (κ1) is 14.1. The van der Waals surface area contributed by atoms with Gasteiger partial charge in [0.05, 0.1) is 12.3 Å². The lowest BCUT2D eigenvalue weighted by atomic mass is 9.73. The van der Waals surface area contributed by atoms with Crippen LogP contribution in [-0.2, 0) is 0 Å². The van der Waals surface area contributed by atoms with Gasteiger partial charge in [-0.3, -0.25) is 4.98 Å². The Balaban J connectivity index is 2.07. The van der Waals surface area contributed by atoms with E-state index in [2.05, 4.69) is 56.1 Å². The van der Waals surface area contributed by atoms with Crippen LogP contribution in [0, 0.1) is 12.3 Å². The SMILES string of the molecule is Cc1cccc(-c2ccc3c(c2)C(C(C)(C)C)CCO3)n1. The minimum atomic E-state index is 0.247. The predicted molar refractivity (Wildman–Crippen MR) is 86.7 cm³/mol. The first-order valence-electron chi connectivity index (χ1n) is 7.66. The summed E-state index contributed by atoms with van der Waals surface area (Å²) in [5.41, 5.74) is 4.84. The van der Waals surface area contributed by atoms with E-state index in [0.29, 0.717) is 5.92 Å². The molecule has 2 nitrogen and oxygen atoms in total. The van der Waals surface area contributed by atoms with E-state index in [4.69, 9.17) is 4.74 Å². The molecule has 2 heteroatoms. The number of hydrogen-bond acceptors (Lipinski definition) is 2. The van der Waals surface area contributed by atoms with Crippen molar-refractivity contribution in [2.75, 3.05) is 6.61 Å². The highest BCUT2D eigenvalue weighted by molar-refractivity contribution is 5.63. The zero-order chi connectivity index (χ0) is 15.0. The number of pyridine rings is 1. The zero-order valence-electron chi connectivity index (χ0n) is 13.3. The molecular weight excluding hydrogens is 258 g/mol. The van der Waals surface area contributed by atoms with Gasteiger partial charge in [-0.05, 0) is 60.6 Å². The number of benzene rings is 1. The molecule has 2 aromatic rings. The van der Waals surface area contributed by atoms with Crippen molar-refractivity contribution >= 4 is 0 Å². The fraction of sp³-hybridized carbons (Fsp3) is 0.421. The molecule has 0 fully saturated rings. The summed E-state index contributed by atoms with van der Waals surface area (Å²) in [5, 5.41) is 0. The van der Waals surface area contributed by atoms with E-state index in [1.54, 1.807) is 0 Å². The number of nitrogens with zero attached hydrogens (tertiary/aromatic N) is 1. The molecule has 1 aliphatic heterocycles. The van der Waals surface area contributed by atoms with Gasteiger partial charge >= 0.3 is 0 Å². The molecule has 2 heterocycles. The van der Waals surface area contributed by atoms with E-state index in [9.17, 15) is 0 Å². The normalized spacial score (nSPS) is 18.0. The Labute approximate surface area is 127 Å². The maximum atomic E-state index is 5.84. The number of rotatable bonds is 1. The van der Waals surface area contributed by atoms with Crippen LogP contribution in [0.1, 0.15) is 44.4 Å². The van der Waals surface area contributed by atoms with E-state index < -0.39 is 0 Å². The van der Waals surface area contributed by atoms with Gasteiger partial charge in [0.2, 0.25) is 0 Å². The highest BCUT2D eigenvalue weighted by Crippen LogP contribution is 2.45. The molecule has 1 aromatic heterocycles. The van der Waals surface area contributed by atoms with Crippen LogP contribution in [0.4, 0.5) is 0 Å². The Hall–Kier alpha value is -1.83. The summed E-state index contributed by atoms with van der Waals surface area (Å²) in [5.74, 6) is 1.57. The van der Waals surface area contributed by atoms with E-state index >= 15 is 0 Å². The van der Waals surface area contributed by atoms with Crippen LogP contribution in [0.3, 0.4) is 0 Å². The van der Waals surface area contributed by atoms with Crippen molar-refractivity contribution in [3.63, 3.8) is 0 Å². The quantitative estimate of drug-likeness (QED) is 0.736. The summed E-state index contributed by atoms with van der Waals surface area (Å²) in [6.45, 7) is 9.78. The van der Waals surface area contributed by atoms with Gasteiger partial charge in [0.1, 0.15) is 5.75 Å². The molecule has 0 radical (unpaired) electrons. The summed E-state index contributed by atoms with van der Waals surface area (Å²) in [7, 11) is 0. The molecule has 1 aromatic carbocycles. The third kappa shape index (κ3) is 2.80. The third-order valence-electron chi connectivity index (χ3n) is 4.28. The van der Waals surface area contributed by atoms with Crippen LogP contribution in [0.5, 0.6) is 5.75 Å². The lowest BCUT2D eigenvalue weighted by Crippen LogP contribution is -2.25. The van der Waals surface area contributed by atoms with Crippen LogP contribution in [0.15, 0.2) is 36.4 Å². The van der Waals surface area contributed by atoms with Gasteiger partial charge in [-0.25, -0.2) is 0 Å². The van der Waals surface area contributed by atoms with E-state index in [0.717, 1.165) is 30.2 Å².